The predicted octanol–water partition coefficient (Wildman–Crippen LogP) is 0.837. The Kier molecular flexibility index (Phi) is 5.10. The molecule has 132 valence electrons. The highest BCUT2D eigenvalue weighted by Gasteiger charge is 2.28. The Morgan fingerprint density at radius 1 is 1.21 bits per heavy atom. The van der Waals surface area contributed by atoms with Crippen molar-refractivity contribution in [3.05, 3.63) is 29.8 Å². The molecule has 2 aliphatic heterocycles. The van der Waals surface area contributed by atoms with Gasteiger partial charge in [0.15, 0.2) is 0 Å². The Morgan fingerprint density at radius 3 is 2.62 bits per heavy atom. The van der Waals surface area contributed by atoms with E-state index in [1.807, 2.05) is 6.07 Å². The van der Waals surface area contributed by atoms with Crippen molar-refractivity contribution in [1.29, 1.82) is 0 Å². The quantitative estimate of drug-likeness (QED) is 0.853. The monoisotopic (exact) mass is 351 g/mol. The average Bonchev–Trinajstić information content (AvgIpc) is 2.97. The fraction of sp³-hybridized carbons (Fsp3) is 0.588. The van der Waals surface area contributed by atoms with E-state index in [0.29, 0.717) is 32.5 Å². The van der Waals surface area contributed by atoms with Crippen molar-refractivity contribution < 1.29 is 13.2 Å². The van der Waals surface area contributed by atoms with Crippen LogP contribution in [0.1, 0.15) is 18.4 Å². The van der Waals surface area contributed by atoms with Crippen molar-refractivity contribution in [3.63, 3.8) is 0 Å². The lowest BCUT2D eigenvalue weighted by atomic mass is 9.97. The van der Waals surface area contributed by atoms with Crippen LogP contribution < -0.4 is 10.2 Å². The van der Waals surface area contributed by atoms with E-state index >= 15 is 0 Å². The summed E-state index contributed by atoms with van der Waals surface area (Å²) in [4.78, 5) is 14.6. The lowest BCUT2D eigenvalue weighted by Gasteiger charge is -2.29. The molecule has 2 heterocycles. The number of amides is 1. The zero-order chi connectivity index (χ0) is 17.2. The Labute approximate surface area is 143 Å². The minimum absolute atomic E-state index is 0.0515. The second-order valence-corrected chi connectivity index (χ2v) is 8.58. The second kappa shape index (κ2) is 7.11. The number of rotatable bonds is 5. The van der Waals surface area contributed by atoms with Crippen molar-refractivity contribution in [2.24, 2.45) is 5.92 Å². The van der Waals surface area contributed by atoms with Gasteiger partial charge >= 0.3 is 0 Å². The summed E-state index contributed by atoms with van der Waals surface area (Å²) in [7, 11) is -3.14. The van der Waals surface area contributed by atoms with Crippen molar-refractivity contribution >= 4 is 21.6 Å². The molecule has 24 heavy (non-hydrogen) atoms. The molecule has 0 spiro atoms. The Hall–Kier alpha value is -1.60. The molecule has 0 saturated carbocycles. The zero-order valence-corrected chi connectivity index (χ0v) is 14.9. The van der Waals surface area contributed by atoms with Gasteiger partial charge in [0.25, 0.3) is 0 Å². The number of hydrogen-bond donors (Lipinski definition) is 1. The van der Waals surface area contributed by atoms with E-state index in [1.54, 1.807) is 0 Å². The van der Waals surface area contributed by atoms with Crippen molar-refractivity contribution in [3.8, 4) is 0 Å². The second-order valence-electron chi connectivity index (χ2n) is 6.59. The predicted molar refractivity (Wildman–Crippen MR) is 94.5 cm³/mol. The van der Waals surface area contributed by atoms with Gasteiger partial charge in [-0.1, -0.05) is 18.2 Å². The topological polar surface area (TPSA) is 69.7 Å². The van der Waals surface area contributed by atoms with Crippen LogP contribution in [0, 0.1) is 5.92 Å². The smallest absolute Gasteiger partial charge is 0.223 e. The summed E-state index contributed by atoms with van der Waals surface area (Å²) < 4.78 is 24.5. The van der Waals surface area contributed by atoms with Crippen LogP contribution in [-0.4, -0.2) is 57.6 Å². The molecule has 3 rings (SSSR count). The van der Waals surface area contributed by atoms with Crippen LogP contribution in [0.25, 0.3) is 0 Å². The molecule has 7 heteroatoms. The summed E-state index contributed by atoms with van der Waals surface area (Å²) in [6.45, 7) is 3.32. The molecular formula is C17H25N3O3S. The number of nitrogens with zero attached hydrogens (tertiary/aromatic N) is 2. The molecule has 1 aromatic carbocycles. The molecule has 0 radical (unpaired) electrons. The van der Waals surface area contributed by atoms with Crippen LogP contribution in [0.3, 0.4) is 0 Å². The van der Waals surface area contributed by atoms with Gasteiger partial charge in [0.05, 0.1) is 6.26 Å². The van der Waals surface area contributed by atoms with E-state index < -0.39 is 10.0 Å². The highest BCUT2D eigenvalue weighted by molar-refractivity contribution is 7.88. The van der Waals surface area contributed by atoms with Gasteiger partial charge in [-0.05, 0) is 30.9 Å². The van der Waals surface area contributed by atoms with Crippen LogP contribution >= 0.6 is 0 Å². The molecule has 2 aliphatic rings. The number of para-hydroxylation sites is 1. The van der Waals surface area contributed by atoms with Crippen LogP contribution in [0.5, 0.6) is 0 Å². The van der Waals surface area contributed by atoms with Crippen molar-refractivity contribution in [2.75, 3.05) is 43.9 Å². The number of carbonyl (C=O) groups excluding carboxylic acids is 1. The van der Waals surface area contributed by atoms with Crippen molar-refractivity contribution in [2.45, 2.75) is 19.3 Å². The molecule has 1 fully saturated rings. The summed E-state index contributed by atoms with van der Waals surface area (Å²) in [5, 5.41) is 3.02. The molecule has 6 nitrogen and oxygen atoms in total. The Balaban J connectivity index is 1.43. The number of hydrogen-bond acceptors (Lipinski definition) is 4. The van der Waals surface area contributed by atoms with Crippen LogP contribution in [0.15, 0.2) is 24.3 Å². The fourth-order valence-corrected chi connectivity index (χ4v) is 4.42. The molecule has 0 atom stereocenters. The fourth-order valence-electron chi connectivity index (χ4n) is 3.55. The first-order valence-electron chi connectivity index (χ1n) is 8.51. The maximum atomic E-state index is 12.3. The number of carbonyl (C=O) groups is 1. The number of anilines is 1. The van der Waals surface area contributed by atoms with Crippen LogP contribution in [0.4, 0.5) is 5.69 Å². The summed E-state index contributed by atoms with van der Waals surface area (Å²) in [6, 6.07) is 8.40. The molecule has 1 aromatic rings. The number of nitrogens with one attached hydrogen (secondary N) is 1. The maximum Gasteiger partial charge on any atom is 0.223 e. The third-order valence-electron chi connectivity index (χ3n) is 4.96. The number of sulfonamides is 1. The molecule has 1 amide bonds. The van der Waals surface area contributed by atoms with Gasteiger partial charge in [0.2, 0.25) is 15.9 Å². The third kappa shape index (κ3) is 3.89. The summed E-state index contributed by atoms with van der Waals surface area (Å²) in [6.07, 6.45) is 3.49. The van der Waals surface area contributed by atoms with E-state index in [-0.39, 0.29) is 11.8 Å². The summed E-state index contributed by atoms with van der Waals surface area (Å²) in [5.74, 6) is -0.0236. The van der Waals surface area contributed by atoms with Gasteiger partial charge in [0, 0.05) is 44.3 Å². The molecule has 0 aromatic heterocycles. The van der Waals surface area contributed by atoms with Crippen LogP contribution in [0.2, 0.25) is 0 Å². The molecular weight excluding hydrogens is 326 g/mol. The van der Waals surface area contributed by atoms with Gasteiger partial charge in [0.1, 0.15) is 0 Å². The van der Waals surface area contributed by atoms with Gasteiger partial charge in [-0.2, -0.15) is 0 Å². The number of fused-ring (bicyclic) bond motifs is 1. The Bertz CT molecular complexity index is 697. The largest absolute Gasteiger partial charge is 0.369 e. The number of benzene rings is 1. The molecule has 0 unspecified atom stereocenters. The lowest BCUT2D eigenvalue weighted by molar-refractivity contribution is -0.126. The van der Waals surface area contributed by atoms with Gasteiger partial charge in [-0.3, -0.25) is 4.79 Å². The SMILES string of the molecule is CS(=O)(=O)N1CCC(C(=O)NCCN2CCc3ccccc32)CC1. The highest BCUT2D eigenvalue weighted by Crippen LogP contribution is 2.26. The molecule has 0 aliphatic carbocycles. The first kappa shape index (κ1) is 17.2. The van der Waals surface area contributed by atoms with E-state index in [4.69, 9.17) is 0 Å². The molecule has 0 bridgehead atoms. The van der Waals surface area contributed by atoms with E-state index in [0.717, 1.165) is 19.5 Å². The Morgan fingerprint density at radius 2 is 1.92 bits per heavy atom. The minimum Gasteiger partial charge on any atom is -0.369 e. The minimum atomic E-state index is -3.14. The lowest BCUT2D eigenvalue weighted by Crippen LogP contribution is -2.44. The van der Waals surface area contributed by atoms with Gasteiger partial charge in [-0.15, -0.1) is 0 Å². The van der Waals surface area contributed by atoms with Crippen molar-refractivity contribution in [1.82, 2.24) is 9.62 Å². The first-order chi connectivity index (χ1) is 11.4. The third-order valence-corrected chi connectivity index (χ3v) is 6.26. The average molecular weight is 351 g/mol. The molecule has 1 N–H and O–H groups in total. The first-order valence-corrected chi connectivity index (χ1v) is 10.4. The molecule has 1 saturated heterocycles. The normalized spacial score (nSPS) is 19.3. The highest BCUT2D eigenvalue weighted by atomic mass is 32.2. The summed E-state index contributed by atoms with van der Waals surface area (Å²) in [5.41, 5.74) is 2.64. The van der Waals surface area contributed by atoms with E-state index in [9.17, 15) is 13.2 Å². The van der Waals surface area contributed by atoms with Crippen LogP contribution in [-0.2, 0) is 21.2 Å². The summed E-state index contributed by atoms with van der Waals surface area (Å²) >= 11 is 0. The maximum absolute atomic E-state index is 12.3. The van der Waals surface area contributed by atoms with E-state index in [1.165, 1.54) is 21.8 Å². The number of piperidine rings is 1. The zero-order valence-electron chi connectivity index (χ0n) is 14.1. The van der Waals surface area contributed by atoms with E-state index in [2.05, 4.69) is 28.4 Å². The van der Waals surface area contributed by atoms with Gasteiger partial charge < -0.3 is 10.2 Å². The standard InChI is InChI=1S/C17H25N3O3S/c1-24(22,23)20-11-7-15(8-12-20)17(21)18-9-13-19-10-6-14-4-2-3-5-16(14)19/h2-5,15H,6-13H2,1H3,(H,18,21). The van der Waals surface area contributed by atoms with Gasteiger partial charge in [-0.25, -0.2) is 12.7 Å².